The summed E-state index contributed by atoms with van der Waals surface area (Å²) in [5.41, 5.74) is -3.77. The van der Waals surface area contributed by atoms with Crippen LogP contribution >= 0.6 is 0 Å². The molecule has 0 saturated carbocycles. The lowest BCUT2D eigenvalue weighted by Gasteiger charge is -2.47. The summed E-state index contributed by atoms with van der Waals surface area (Å²) in [6.45, 7) is 7.86. The number of carbonyl (C=O) groups is 2. The molecule has 0 bridgehead atoms. The van der Waals surface area contributed by atoms with Crippen LogP contribution in [0.15, 0.2) is 0 Å². The van der Waals surface area contributed by atoms with Gasteiger partial charge in [0, 0.05) is 0 Å². The van der Waals surface area contributed by atoms with E-state index in [1.807, 2.05) is 6.07 Å². The van der Waals surface area contributed by atoms with Crippen LogP contribution in [0.5, 0.6) is 0 Å². The Labute approximate surface area is 101 Å². The Kier molecular flexibility index (Phi) is 3.96. The van der Waals surface area contributed by atoms with E-state index >= 15 is 0 Å². The van der Waals surface area contributed by atoms with Crippen LogP contribution in [-0.4, -0.2) is 22.2 Å². The first kappa shape index (κ1) is 15.4. The molecule has 96 valence electrons. The summed E-state index contributed by atoms with van der Waals surface area (Å²) in [7, 11) is 0. The Balaban J connectivity index is 6.06. The lowest BCUT2D eigenvalue weighted by Crippen LogP contribution is -2.54. The number of nitriles is 1. The monoisotopic (exact) mass is 241 g/mol. The molecule has 0 heterocycles. The van der Waals surface area contributed by atoms with Gasteiger partial charge in [-0.1, -0.05) is 20.8 Å². The second kappa shape index (κ2) is 4.36. The highest BCUT2D eigenvalue weighted by Crippen LogP contribution is 2.54. The maximum absolute atomic E-state index is 11.6. The highest BCUT2D eigenvalue weighted by atomic mass is 16.4. The van der Waals surface area contributed by atoms with Crippen molar-refractivity contribution in [2.45, 2.75) is 41.0 Å². The second-order valence-corrected chi connectivity index (χ2v) is 5.77. The van der Waals surface area contributed by atoms with Crippen LogP contribution in [0.25, 0.3) is 0 Å². The number of carboxylic acid groups (broad SMARTS) is 2. The van der Waals surface area contributed by atoms with Crippen molar-refractivity contribution in [1.29, 1.82) is 5.26 Å². The van der Waals surface area contributed by atoms with Crippen molar-refractivity contribution in [2.75, 3.05) is 0 Å². The SMILES string of the molecule is CC(C)(C)C(CC(=O)O)(C(=O)O)C(C)(C)C#N. The maximum Gasteiger partial charge on any atom is 0.312 e. The molecule has 0 aromatic carbocycles. The fraction of sp³-hybridized carbons (Fsp3) is 0.750. The highest BCUT2D eigenvalue weighted by Gasteiger charge is 2.60. The Morgan fingerprint density at radius 1 is 1.12 bits per heavy atom. The minimum Gasteiger partial charge on any atom is -0.481 e. The molecule has 0 aromatic heterocycles. The maximum atomic E-state index is 11.6. The summed E-state index contributed by atoms with van der Waals surface area (Å²) in [6.07, 6.45) is -0.577. The lowest BCUT2D eigenvalue weighted by molar-refractivity contribution is -0.173. The quantitative estimate of drug-likeness (QED) is 0.785. The molecule has 0 aromatic rings. The number of rotatable bonds is 4. The molecule has 0 saturated heterocycles. The Hall–Kier alpha value is -1.57. The molecular weight excluding hydrogens is 222 g/mol. The van der Waals surface area contributed by atoms with Crippen LogP contribution in [0, 0.1) is 27.6 Å². The van der Waals surface area contributed by atoms with Crippen LogP contribution in [0.2, 0.25) is 0 Å². The van der Waals surface area contributed by atoms with Crippen LogP contribution < -0.4 is 0 Å². The van der Waals surface area contributed by atoms with E-state index in [4.69, 9.17) is 10.4 Å². The van der Waals surface area contributed by atoms with Gasteiger partial charge in [0.25, 0.3) is 0 Å². The van der Waals surface area contributed by atoms with E-state index in [1.54, 1.807) is 20.8 Å². The zero-order valence-corrected chi connectivity index (χ0v) is 10.9. The van der Waals surface area contributed by atoms with Gasteiger partial charge < -0.3 is 10.2 Å². The van der Waals surface area contributed by atoms with Gasteiger partial charge in [0.15, 0.2) is 0 Å². The van der Waals surface area contributed by atoms with Gasteiger partial charge in [0.2, 0.25) is 0 Å². The lowest BCUT2D eigenvalue weighted by atomic mass is 9.52. The Bertz CT molecular complexity index is 373. The minimum atomic E-state index is -1.64. The first-order valence-electron chi connectivity index (χ1n) is 5.29. The molecule has 0 aliphatic carbocycles. The zero-order chi connectivity index (χ0) is 14.1. The molecule has 0 radical (unpaired) electrons. The van der Waals surface area contributed by atoms with Gasteiger partial charge in [-0.25, -0.2) is 0 Å². The van der Waals surface area contributed by atoms with E-state index in [9.17, 15) is 14.7 Å². The van der Waals surface area contributed by atoms with Gasteiger partial charge in [-0.05, 0) is 19.3 Å². The average Bonchev–Trinajstić information content (AvgIpc) is 2.10. The number of nitrogens with zero attached hydrogens (tertiary/aromatic N) is 1. The van der Waals surface area contributed by atoms with Gasteiger partial charge in [0.1, 0.15) is 5.41 Å². The van der Waals surface area contributed by atoms with Crippen molar-refractivity contribution in [2.24, 2.45) is 16.2 Å². The van der Waals surface area contributed by atoms with E-state index in [0.717, 1.165) is 0 Å². The first-order chi connectivity index (χ1) is 7.42. The van der Waals surface area contributed by atoms with E-state index in [0.29, 0.717) is 0 Å². The predicted molar refractivity (Wildman–Crippen MR) is 61.2 cm³/mol. The standard InChI is InChI=1S/C12H19NO4/c1-10(2,3)12(9(16)17,6-8(14)15)11(4,5)7-13/h6H2,1-5H3,(H,14,15)(H,16,17). The third kappa shape index (κ3) is 2.41. The summed E-state index contributed by atoms with van der Waals surface area (Å²) < 4.78 is 0. The van der Waals surface area contributed by atoms with Gasteiger partial charge in [-0.3, -0.25) is 9.59 Å². The third-order valence-electron chi connectivity index (χ3n) is 3.41. The molecule has 1 unspecified atom stereocenters. The number of carboxylic acids is 2. The van der Waals surface area contributed by atoms with Crippen LogP contribution in [-0.2, 0) is 9.59 Å². The zero-order valence-electron chi connectivity index (χ0n) is 10.9. The molecule has 0 aliphatic rings. The van der Waals surface area contributed by atoms with Crippen molar-refractivity contribution in [1.82, 2.24) is 0 Å². The van der Waals surface area contributed by atoms with Crippen LogP contribution in [0.1, 0.15) is 41.0 Å². The fourth-order valence-corrected chi connectivity index (χ4v) is 2.41. The highest BCUT2D eigenvalue weighted by molar-refractivity contribution is 5.83. The normalized spacial score (nSPS) is 15.8. The summed E-state index contributed by atoms with van der Waals surface area (Å²) in [5, 5.41) is 27.6. The molecule has 0 aliphatic heterocycles. The van der Waals surface area contributed by atoms with Crippen molar-refractivity contribution in [3.8, 4) is 6.07 Å². The summed E-state index contributed by atoms with van der Waals surface area (Å²) in [6, 6.07) is 1.93. The molecular formula is C12H19NO4. The number of hydrogen-bond acceptors (Lipinski definition) is 3. The molecule has 1 atom stereocenters. The van der Waals surface area contributed by atoms with Crippen molar-refractivity contribution in [3.63, 3.8) is 0 Å². The first-order valence-corrected chi connectivity index (χ1v) is 5.29. The average molecular weight is 241 g/mol. The fourth-order valence-electron chi connectivity index (χ4n) is 2.41. The van der Waals surface area contributed by atoms with Crippen molar-refractivity contribution >= 4 is 11.9 Å². The Morgan fingerprint density at radius 2 is 1.53 bits per heavy atom. The third-order valence-corrected chi connectivity index (χ3v) is 3.41. The van der Waals surface area contributed by atoms with Crippen molar-refractivity contribution in [3.05, 3.63) is 0 Å². The largest absolute Gasteiger partial charge is 0.481 e. The number of aliphatic carboxylic acids is 2. The molecule has 17 heavy (non-hydrogen) atoms. The minimum absolute atomic E-state index is 0.577. The van der Waals surface area contributed by atoms with Crippen LogP contribution in [0.3, 0.4) is 0 Å². The second-order valence-electron chi connectivity index (χ2n) is 5.77. The van der Waals surface area contributed by atoms with Gasteiger partial charge >= 0.3 is 11.9 Å². The summed E-state index contributed by atoms with van der Waals surface area (Å²) in [5.74, 6) is -2.47. The van der Waals surface area contributed by atoms with Gasteiger partial charge in [-0.15, -0.1) is 0 Å². The summed E-state index contributed by atoms with van der Waals surface area (Å²) >= 11 is 0. The van der Waals surface area contributed by atoms with E-state index in [1.165, 1.54) is 13.8 Å². The molecule has 0 amide bonds. The molecule has 5 heteroatoms. The topological polar surface area (TPSA) is 98.4 Å². The summed E-state index contributed by atoms with van der Waals surface area (Å²) in [4.78, 5) is 22.6. The van der Waals surface area contributed by atoms with Crippen LogP contribution in [0.4, 0.5) is 0 Å². The predicted octanol–water partition coefficient (Wildman–Crippen LogP) is 2.13. The van der Waals surface area contributed by atoms with E-state index in [-0.39, 0.29) is 0 Å². The molecule has 5 nitrogen and oxygen atoms in total. The van der Waals surface area contributed by atoms with Gasteiger partial charge in [0.05, 0.1) is 17.9 Å². The van der Waals surface area contributed by atoms with Crippen molar-refractivity contribution < 1.29 is 19.8 Å². The molecule has 0 spiro atoms. The smallest absolute Gasteiger partial charge is 0.312 e. The van der Waals surface area contributed by atoms with E-state index < -0.39 is 34.6 Å². The molecule has 0 fully saturated rings. The van der Waals surface area contributed by atoms with Gasteiger partial charge in [-0.2, -0.15) is 5.26 Å². The van der Waals surface area contributed by atoms with E-state index in [2.05, 4.69) is 0 Å². The number of hydrogen-bond donors (Lipinski definition) is 2. The molecule has 2 N–H and O–H groups in total. The Morgan fingerprint density at radius 3 is 1.71 bits per heavy atom. The molecule has 0 rings (SSSR count).